The Morgan fingerprint density at radius 2 is 2.44 bits per heavy atom. The molecule has 1 heterocycles. The Morgan fingerprint density at radius 3 is 3.06 bits per heavy atom. The Hall–Kier alpha value is -1.02. The molecule has 1 aromatic heterocycles. The fraction of sp³-hybridized carbons (Fsp3) is 0.556. The van der Waals surface area contributed by atoms with E-state index in [-0.39, 0.29) is 19.1 Å². The topological polar surface area (TPSA) is 108 Å². The molecule has 0 bridgehead atoms. The molecule has 6 nitrogen and oxygen atoms in total. The number of hydrogen-bond donors (Lipinski definition) is 4. The number of hydrogen-bond acceptors (Lipinski definition) is 6. The Bertz CT molecular complexity index is 342. The molecule has 7 heteroatoms. The molecule has 1 unspecified atom stereocenters. The van der Waals surface area contributed by atoms with Crippen LogP contribution in [0.3, 0.4) is 0 Å². The molecule has 0 aromatic carbocycles. The zero-order valence-corrected chi connectivity index (χ0v) is 9.54. The van der Waals surface area contributed by atoms with Crippen LogP contribution in [0, 0.1) is 0 Å². The number of amides is 1. The standard InChI is InChI=1S/C9H15N3O3S/c10-2-1-8-12-7(5-16-8)9(15)11-3-6(14)4-13/h5-6,13-14H,1-4,10H2,(H,11,15). The van der Waals surface area contributed by atoms with Crippen molar-refractivity contribution in [2.24, 2.45) is 5.73 Å². The fourth-order valence-electron chi connectivity index (χ4n) is 1.02. The zero-order chi connectivity index (χ0) is 12.0. The number of aliphatic hydroxyl groups is 2. The first-order valence-corrected chi connectivity index (χ1v) is 5.77. The number of aromatic nitrogens is 1. The lowest BCUT2D eigenvalue weighted by Gasteiger charge is -2.07. The third-order valence-electron chi connectivity index (χ3n) is 1.85. The van der Waals surface area contributed by atoms with Crippen LogP contribution in [0.4, 0.5) is 0 Å². The first-order valence-electron chi connectivity index (χ1n) is 4.89. The predicted molar refractivity (Wildman–Crippen MR) is 60.3 cm³/mol. The van der Waals surface area contributed by atoms with Crippen LogP contribution in [0.2, 0.25) is 0 Å². The molecule has 0 aliphatic heterocycles. The van der Waals surface area contributed by atoms with Gasteiger partial charge in [-0.3, -0.25) is 4.79 Å². The summed E-state index contributed by atoms with van der Waals surface area (Å²) in [5, 5.41) is 22.5. The van der Waals surface area contributed by atoms with Gasteiger partial charge < -0.3 is 21.3 Å². The SMILES string of the molecule is NCCc1nc(C(=O)NCC(O)CO)cs1. The lowest BCUT2D eigenvalue weighted by atomic mass is 10.3. The van der Waals surface area contributed by atoms with Gasteiger partial charge in [0.25, 0.3) is 5.91 Å². The van der Waals surface area contributed by atoms with E-state index in [0.29, 0.717) is 18.7 Å². The summed E-state index contributed by atoms with van der Waals surface area (Å²) in [5.74, 6) is -0.355. The van der Waals surface area contributed by atoms with Crippen LogP contribution in [-0.4, -0.2) is 46.9 Å². The summed E-state index contributed by atoms with van der Waals surface area (Å²) in [6.07, 6.45) is -0.289. The number of aliphatic hydroxyl groups excluding tert-OH is 2. The molecule has 90 valence electrons. The van der Waals surface area contributed by atoms with Crippen LogP contribution in [-0.2, 0) is 6.42 Å². The molecule has 0 radical (unpaired) electrons. The molecule has 1 aromatic rings. The van der Waals surface area contributed by atoms with Crippen molar-refractivity contribution in [2.75, 3.05) is 19.7 Å². The maximum absolute atomic E-state index is 11.5. The molecule has 16 heavy (non-hydrogen) atoms. The normalized spacial score (nSPS) is 12.4. The van der Waals surface area contributed by atoms with Gasteiger partial charge >= 0.3 is 0 Å². The minimum absolute atomic E-state index is 0.0130. The van der Waals surface area contributed by atoms with Crippen LogP contribution < -0.4 is 11.1 Å². The van der Waals surface area contributed by atoms with E-state index in [9.17, 15) is 4.79 Å². The van der Waals surface area contributed by atoms with E-state index in [1.54, 1.807) is 5.38 Å². The Morgan fingerprint density at radius 1 is 1.69 bits per heavy atom. The molecule has 0 saturated carbocycles. The summed E-state index contributed by atoms with van der Waals surface area (Å²) in [6, 6.07) is 0. The van der Waals surface area contributed by atoms with Crippen molar-refractivity contribution in [1.29, 1.82) is 0 Å². The quantitative estimate of drug-likeness (QED) is 0.499. The largest absolute Gasteiger partial charge is 0.394 e. The Kier molecular flexibility index (Phi) is 5.33. The number of thiazole rings is 1. The number of rotatable bonds is 6. The van der Waals surface area contributed by atoms with Gasteiger partial charge in [-0.05, 0) is 6.54 Å². The molecule has 0 aliphatic rings. The highest BCUT2D eigenvalue weighted by molar-refractivity contribution is 7.09. The number of carbonyl (C=O) groups is 1. The van der Waals surface area contributed by atoms with Crippen molar-refractivity contribution in [1.82, 2.24) is 10.3 Å². The van der Waals surface area contributed by atoms with Crippen molar-refractivity contribution in [3.05, 3.63) is 16.1 Å². The van der Waals surface area contributed by atoms with Gasteiger partial charge in [-0.25, -0.2) is 4.98 Å². The van der Waals surface area contributed by atoms with Crippen molar-refractivity contribution < 1.29 is 15.0 Å². The van der Waals surface area contributed by atoms with E-state index in [2.05, 4.69) is 10.3 Å². The monoisotopic (exact) mass is 245 g/mol. The zero-order valence-electron chi connectivity index (χ0n) is 8.72. The van der Waals surface area contributed by atoms with Gasteiger partial charge in [0.15, 0.2) is 0 Å². The Balaban J connectivity index is 2.46. The minimum Gasteiger partial charge on any atom is -0.394 e. The summed E-state index contributed by atoms with van der Waals surface area (Å²) < 4.78 is 0. The van der Waals surface area contributed by atoms with Crippen LogP contribution in [0.25, 0.3) is 0 Å². The second-order valence-electron chi connectivity index (χ2n) is 3.21. The van der Waals surface area contributed by atoms with Gasteiger partial charge in [0.2, 0.25) is 0 Å². The van der Waals surface area contributed by atoms with Crippen molar-refractivity contribution in [3.8, 4) is 0 Å². The molecule has 1 amide bonds. The maximum Gasteiger partial charge on any atom is 0.270 e. The van der Waals surface area contributed by atoms with Crippen LogP contribution in [0.1, 0.15) is 15.5 Å². The second-order valence-corrected chi connectivity index (χ2v) is 4.15. The van der Waals surface area contributed by atoms with Gasteiger partial charge in [-0.1, -0.05) is 0 Å². The van der Waals surface area contributed by atoms with Gasteiger partial charge in [-0.15, -0.1) is 11.3 Å². The average Bonchev–Trinajstić information content (AvgIpc) is 2.74. The lowest BCUT2D eigenvalue weighted by Crippen LogP contribution is -2.34. The highest BCUT2D eigenvalue weighted by Crippen LogP contribution is 2.09. The van der Waals surface area contributed by atoms with E-state index in [0.717, 1.165) is 5.01 Å². The van der Waals surface area contributed by atoms with E-state index >= 15 is 0 Å². The average molecular weight is 245 g/mol. The summed E-state index contributed by atoms with van der Waals surface area (Å²) >= 11 is 1.38. The van der Waals surface area contributed by atoms with Crippen LogP contribution in [0.5, 0.6) is 0 Å². The van der Waals surface area contributed by atoms with E-state index in [4.69, 9.17) is 15.9 Å². The molecule has 0 fully saturated rings. The first-order chi connectivity index (χ1) is 7.67. The molecular weight excluding hydrogens is 230 g/mol. The van der Waals surface area contributed by atoms with Gasteiger partial charge in [0, 0.05) is 18.3 Å². The summed E-state index contributed by atoms with van der Waals surface area (Å²) in [4.78, 5) is 15.6. The maximum atomic E-state index is 11.5. The van der Waals surface area contributed by atoms with Crippen molar-refractivity contribution >= 4 is 17.2 Å². The van der Waals surface area contributed by atoms with Gasteiger partial charge in [-0.2, -0.15) is 0 Å². The summed E-state index contributed by atoms with van der Waals surface area (Å²) in [5.41, 5.74) is 5.69. The number of carbonyl (C=O) groups excluding carboxylic acids is 1. The molecule has 1 rings (SSSR count). The van der Waals surface area contributed by atoms with E-state index in [1.807, 2.05) is 0 Å². The van der Waals surface area contributed by atoms with E-state index in [1.165, 1.54) is 11.3 Å². The molecule has 0 spiro atoms. The third kappa shape index (κ3) is 3.86. The molecule has 0 aliphatic carbocycles. The highest BCUT2D eigenvalue weighted by Gasteiger charge is 2.11. The predicted octanol–water partition coefficient (Wildman–Crippen LogP) is -1.27. The van der Waals surface area contributed by atoms with Crippen LogP contribution >= 0.6 is 11.3 Å². The van der Waals surface area contributed by atoms with Gasteiger partial charge in [0.1, 0.15) is 5.69 Å². The fourth-order valence-corrected chi connectivity index (χ4v) is 1.81. The summed E-state index contributed by atoms with van der Waals surface area (Å²) in [7, 11) is 0. The second kappa shape index (κ2) is 6.54. The number of nitrogens with zero attached hydrogens (tertiary/aromatic N) is 1. The molecular formula is C9H15N3O3S. The molecule has 5 N–H and O–H groups in total. The van der Waals surface area contributed by atoms with Crippen LogP contribution in [0.15, 0.2) is 5.38 Å². The third-order valence-corrected chi connectivity index (χ3v) is 2.76. The summed E-state index contributed by atoms with van der Waals surface area (Å²) in [6.45, 7) is 0.132. The number of nitrogens with one attached hydrogen (secondary N) is 1. The first kappa shape index (κ1) is 13.0. The number of nitrogens with two attached hydrogens (primary N) is 1. The Labute approximate surface area is 97.1 Å². The lowest BCUT2D eigenvalue weighted by molar-refractivity contribution is 0.0799. The molecule has 1 atom stereocenters. The molecule has 0 saturated heterocycles. The van der Waals surface area contributed by atoms with E-state index < -0.39 is 6.10 Å². The van der Waals surface area contributed by atoms with Crippen molar-refractivity contribution in [3.63, 3.8) is 0 Å². The minimum atomic E-state index is -0.939. The smallest absolute Gasteiger partial charge is 0.270 e. The highest BCUT2D eigenvalue weighted by atomic mass is 32.1. The van der Waals surface area contributed by atoms with Crippen molar-refractivity contribution in [2.45, 2.75) is 12.5 Å². The van der Waals surface area contributed by atoms with Gasteiger partial charge in [0.05, 0.1) is 17.7 Å².